The minimum Gasteiger partial charge on any atom is -0.504 e. The van der Waals surface area contributed by atoms with Crippen molar-refractivity contribution in [2.75, 3.05) is 7.11 Å². The molecule has 0 saturated heterocycles. The number of aromatic hydroxyl groups is 1. The van der Waals surface area contributed by atoms with Crippen LogP contribution in [0.2, 0.25) is 0 Å². The van der Waals surface area contributed by atoms with Gasteiger partial charge < -0.3 is 14.9 Å². The van der Waals surface area contributed by atoms with Crippen LogP contribution in [0.4, 0.5) is 0 Å². The molecule has 0 saturated carbocycles. The number of aliphatic hydroxyl groups excluding tert-OH is 1. The average molecular weight is 230 g/mol. The van der Waals surface area contributed by atoms with E-state index in [4.69, 9.17) is 4.74 Å². The lowest BCUT2D eigenvalue weighted by atomic mass is 10.0. The van der Waals surface area contributed by atoms with Gasteiger partial charge in [-0.3, -0.25) is 0 Å². The van der Waals surface area contributed by atoms with Crippen molar-refractivity contribution in [3.05, 3.63) is 48.0 Å². The predicted molar refractivity (Wildman–Crippen MR) is 66.0 cm³/mol. The maximum Gasteiger partial charge on any atom is 0.163 e. The van der Waals surface area contributed by atoms with Crippen molar-refractivity contribution >= 4 is 0 Å². The molecule has 0 bridgehead atoms. The zero-order valence-corrected chi connectivity index (χ0v) is 9.55. The van der Waals surface area contributed by atoms with Gasteiger partial charge in [-0.1, -0.05) is 30.3 Å². The molecule has 0 atom stereocenters. The molecule has 3 nitrogen and oxygen atoms in total. The molecule has 0 aromatic heterocycles. The highest BCUT2D eigenvalue weighted by Gasteiger charge is 2.10. The van der Waals surface area contributed by atoms with Crippen molar-refractivity contribution in [1.82, 2.24) is 0 Å². The van der Waals surface area contributed by atoms with E-state index < -0.39 is 0 Å². The number of hydrogen-bond acceptors (Lipinski definition) is 3. The highest BCUT2D eigenvalue weighted by atomic mass is 16.5. The first-order chi connectivity index (χ1) is 8.26. The van der Waals surface area contributed by atoms with Crippen LogP contribution in [0.1, 0.15) is 5.56 Å². The van der Waals surface area contributed by atoms with Crippen LogP contribution in [0.25, 0.3) is 11.1 Å². The Bertz CT molecular complexity index is 481. The lowest BCUT2D eigenvalue weighted by Gasteiger charge is -2.10. The van der Waals surface area contributed by atoms with Gasteiger partial charge in [0.05, 0.1) is 13.7 Å². The molecule has 2 rings (SSSR count). The Labute approximate surface area is 99.9 Å². The van der Waals surface area contributed by atoms with E-state index in [0.717, 1.165) is 11.1 Å². The van der Waals surface area contributed by atoms with E-state index in [-0.39, 0.29) is 12.4 Å². The summed E-state index contributed by atoms with van der Waals surface area (Å²) in [4.78, 5) is 0. The molecule has 88 valence electrons. The van der Waals surface area contributed by atoms with E-state index in [9.17, 15) is 10.2 Å². The van der Waals surface area contributed by atoms with Crippen molar-refractivity contribution in [3.8, 4) is 22.6 Å². The van der Waals surface area contributed by atoms with Gasteiger partial charge in [-0.2, -0.15) is 0 Å². The van der Waals surface area contributed by atoms with Crippen LogP contribution in [0.15, 0.2) is 42.5 Å². The lowest BCUT2D eigenvalue weighted by molar-refractivity contribution is 0.272. The zero-order chi connectivity index (χ0) is 12.3. The fraction of sp³-hybridized carbons (Fsp3) is 0.143. The smallest absolute Gasteiger partial charge is 0.163 e. The minimum atomic E-state index is -0.219. The fourth-order valence-corrected chi connectivity index (χ4v) is 1.74. The Kier molecular flexibility index (Phi) is 3.30. The SMILES string of the molecule is COc1cc(-c2ccccc2)cc(CO)c1O. The summed E-state index contributed by atoms with van der Waals surface area (Å²) in [6, 6.07) is 13.3. The Balaban J connectivity index is 2.56. The molecular formula is C14H14O3. The summed E-state index contributed by atoms with van der Waals surface area (Å²) >= 11 is 0. The van der Waals surface area contributed by atoms with E-state index in [1.54, 1.807) is 12.1 Å². The van der Waals surface area contributed by atoms with Crippen LogP contribution in [-0.2, 0) is 6.61 Å². The summed E-state index contributed by atoms with van der Waals surface area (Å²) in [5.74, 6) is 0.366. The summed E-state index contributed by atoms with van der Waals surface area (Å²) in [5.41, 5.74) is 2.38. The molecule has 0 aliphatic rings. The van der Waals surface area contributed by atoms with Crippen LogP contribution >= 0.6 is 0 Å². The molecule has 0 aliphatic carbocycles. The second-order valence-electron chi connectivity index (χ2n) is 3.71. The van der Waals surface area contributed by atoms with E-state index in [2.05, 4.69) is 0 Å². The lowest BCUT2D eigenvalue weighted by Crippen LogP contribution is -1.91. The van der Waals surface area contributed by atoms with Crippen molar-refractivity contribution in [2.24, 2.45) is 0 Å². The molecule has 0 unspecified atom stereocenters. The highest BCUT2D eigenvalue weighted by molar-refractivity contribution is 5.68. The molecule has 2 aromatic carbocycles. The first-order valence-corrected chi connectivity index (χ1v) is 5.32. The maximum atomic E-state index is 9.78. The average Bonchev–Trinajstić information content (AvgIpc) is 2.40. The van der Waals surface area contributed by atoms with Gasteiger partial charge in [-0.25, -0.2) is 0 Å². The van der Waals surface area contributed by atoms with E-state index >= 15 is 0 Å². The molecule has 0 spiro atoms. The normalized spacial score (nSPS) is 10.2. The third-order valence-corrected chi connectivity index (χ3v) is 2.65. The number of benzene rings is 2. The molecule has 17 heavy (non-hydrogen) atoms. The monoisotopic (exact) mass is 230 g/mol. The molecule has 2 aromatic rings. The topological polar surface area (TPSA) is 49.7 Å². The highest BCUT2D eigenvalue weighted by Crippen LogP contribution is 2.35. The molecule has 0 radical (unpaired) electrons. The van der Waals surface area contributed by atoms with Crippen molar-refractivity contribution in [2.45, 2.75) is 6.61 Å². The van der Waals surface area contributed by atoms with Crippen LogP contribution < -0.4 is 4.74 Å². The van der Waals surface area contributed by atoms with Crippen LogP contribution in [0.3, 0.4) is 0 Å². The number of methoxy groups -OCH3 is 1. The summed E-state index contributed by atoms with van der Waals surface area (Å²) in [6.45, 7) is -0.219. The summed E-state index contributed by atoms with van der Waals surface area (Å²) in [7, 11) is 1.49. The van der Waals surface area contributed by atoms with Gasteiger partial charge in [-0.15, -0.1) is 0 Å². The maximum absolute atomic E-state index is 9.78. The summed E-state index contributed by atoms with van der Waals surface area (Å²) in [5, 5.41) is 19.0. The fourth-order valence-electron chi connectivity index (χ4n) is 1.74. The Hall–Kier alpha value is -2.00. The molecule has 2 N–H and O–H groups in total. The van der Waals surface area contributed by atoms with Gasteiger partial charge in [0.15, 0.2) is 11.5 Å². The van der Waals surface area contributed by atoms with Crippen molar-refractivity contribution < 1.29 is 14.9 Å². The number of phenols is 1. The second-order valence-corrected chi connectivity index (χ2v) is 3.71. The first-order valence-electron chi connectivity index (χ1n) is 5.32. The van der Waals surface area contributed by atoms with E-state index in [1.165, 1.54) is 7.11 Å². The van der Waals surface area contributed by atoms with Gasteiger partial charge in [0.2, 0.25) is 0 Å². The summed E-state index contributed by atoms with van der Waals surface area (Å²) < 4.78 is 5.09. The minimum absolute atomic E-state index is 0.00492. The number of hydrogen-bond donors (Lipinski definition) is 2. The standard InChI is InChI=1S/C14H14O3/c1-17-13-8-11(7-12(9-15)14(13)16)10-5-3-2-4-6-10/h2-8,15-16H,9H2,1H3. The van der Waals surface area contributed by atoms with E-state index in [0.29, 0.717) is 11.3 Å². The summed E-state index contributed by atoms with van der Waals surface area (Å²) in [6.07, 6.45) is 0. The molecule has 0 amide bonds. The van der Waals surface area contributed by atoms with E-state index in [1.807, 2.05) is 30.3 Å². The number of ether oxygens (including phenoxy) is 1. The first kappa shape index (κ1) is 11.5. The predicted octanol–water partition coefficient (Wildman–Crippen LogP) is 2.56. The molecular weight excluding hydrogens is 216 g/mol. The number of rotatable bonds is 3. The Morgan fingerprint density at radius 3 is 2.35 bits per heavy atom. The molecule has 0 heterocycles. The van der Waals surface area contributed by atoms with Gasteiger partial charge in [-0.05, 0) is 23.3 Å². The van der Waals surface area contributed by atoms with Gasteiger partial charge >= 0.3 is 0 Å². The molecule has 3 heteroatoms. The van der Waals surface area contributed by atoms with Crippen molar-refractivity contribution in [3.63, 3.8) is 0 Å². The van der Waals surface area contributed by atoms with Gasteiger partial charge in [0, 0.05) is 5.56 Å². The van der Waals surface area contributed by atoms with Crippen LogP contribution in [0, 0.1) is 0 Å². The van der Waals surface area contributed by atoms with Gasteiger partial charge in [0.25, 0.3) is 0 Å². The van der Waals surface area contributed by atoms with Crippen LogP contribution in [0.5, 0.6) is 11.5 Å². The third-order valence-electron chi connectivity index (χ3n) is 2.65. The van der Waals surface area contributed by atoms with Crippen molar-refractivity contribution in [1.29, 1.82) is 0 Å². The third kappa shape index (κ3) is 2.24. The van der Waals surface area contributed by atoms with Gasteiger partial charge in [0.1, 0.15) is 0 Å². The quantitative estimate of drug-likeness (QED) is 0.852. The zero-order valence-electron chi connectivity index (χ0n) is 9.55. The second kappa shape index (κ2) is 4.89. The Morgan fingerprint density at radius 2 is 1.76 bits per heavy atom. The largest absolute Gasteiger partial charge is 0.504 e. The molecule has 0 fully saturated rings. The number of aliphatic hydroxyl groups is 1. The van der Waals surface area contributed by atoms with Crippen LogP contribution in [-0.4, -0.2) is 17.3 Å². The molecule has 0 aliphatic heterocycles. The Morgan fingerprint density at radius 1 is 1.06 bits per heavy atom.